The summed E-state index contributed by atoms with van der Waals surface area (Å²) in [5.41, 5.74) is 2.20. The quantitative estimate of drug-likeness (QED) is 0.645. The standard InChI is InChI=1S/C27H32N2O3/c30-26(12-11-22-7-3-1-4-8-22)28-17-13-24(14-18-28)27(31)29-19-15-25(16-20-29)32-21-23-9-5-2-6-10-23/h1-12,24-25H,13-21H2. The molecule has 2 aromatic rings. The van der Waals surface area contributed by atoms with Crippen LogP contribution in [0.2, 0.25) is 0 Å². The van der Waals surface area contributed by atoms with Gasteiger partial charge in [-0.2, -0.15) is 0 Å². The van der Waals surface area contributed by atoms with E-state index in [-0.39, 0.29) is 23.8 Å². The molecule has 0 N–H and O–H groups in total. The molecule has 0 aromatic heterocycles. The van der Waals surface area contributed by atoms with E-state index >= 15 is 0 Å². The fourth-order valence-electron chi connectivity index (χ4n) is 4.47. The molecule has 2 aliphatic heterocycles. The Morgan fingerprint density at radius 3 is 2.06 bits per heavy atom. The van der Waals surface area contributed by atoms with Gasteiger partial charge in [0.2, 0.25) is 11.8 Å². The monoisotopic (exact) mass is 432 g/mol. The van der Waals surface area contributed by atoms with Crippen molar-refractivity contribution in [3.8, 4) is 0 Å². The Morgan fingerprint density at radius 1 is 0.812 bits per heavy atom. The van der Waals surface area contributed by atoms with Crippen molar-refractivity contribution < 1.29 is 14.3 Å². The highest BCUT2D eigenvalue weighted by molar-refractivity contribution is 5.92. The van der Waals surface area contributed by atoms with Gasteiger partial charge in [0.15, 0.2) is 0 Å². The van der Waals surface area contributed by atoms with Crippen LogP contribution in [0.5, 0.6) is 0 Å². The van der Waals surface area contributed by atoms with Crippen LogP contribution in [0.1, 0.15) is 36.8 Å². The van der Waals surface area contributed by atoms with Gasteiger partial charge in [0, 0.05) is 38.2 Å². The summed E-state index contributed by atoms with van der Waals surface area (Å²) in [4.78, 5) is 29.3. The first kappa shape index (κ1) is 22.3. The summed E-state index contributed by atoms with van der Waals surface area (Å²) in [6, 6.07) is 20.0. The topological polar surface area (TPSA) is 49.9 Å². The zero-order valence-corrected chi connectivity index (χ0v) is 18.6. The second-order valence-electron chi connectivity index (χ2n) is 8.66. The summed E-state index contributed by atoms with van der Waals surface area (Å²) in [5.74, 6) is 0.300. The maximum absolute atomic E-state index is 13.0. The van der Waals surface area contributed by atoms with Crippen molar-refractivity contribution >= 4 is 17.9 Å². The molecule has 5 nitrogen and oxygen atoms in total. The van der Waals surface area contributed by atoms with Crippen molar-refractivity contribution in [3.63, 3.8) is 0 Å². The molecule has 2 aliphatic rings. The average molecular weight is 433 g/mol. The molecule has 5 heteroatoms. The van der Waals surface area contributed by atoms with Crippen LogP contribution in [0.3, 0.4) is 0 Å². The van der Waals surface area contributed by atoms with E-state index < -0.39 is 0 Å². The van der Waals surface area contributed by atoms with Crippen molar-refractivity contribution in [2.75, 3.05) is 26.2 Å². The molecule has 0 radical (unpaired) electrons. The highest BCUT2D eigenvalue weighted by Crippen LogP contribution is 2.23. The number of hydrogen-bond acceptors (Lipinski definition) is 3. The van der Waals surface area contributed by atoms with Crippen LogP contribution in [-0.2, 0) is 20.9 Å². The molecule has 2 heterocycles. The second kappa shape index (κ2) is 11.1. The number of amides is 2. The Morgan fingerprint density at radius 2 is 1.41 bits per heavy atom. The molecule has 32 heavy (non-hydrogen) atoms. The largest absolute Gasteiger partial charge is 0.373 e. The summed E-state index contributed by atoms with van der Waals surface area (Å²) in [6.45, 7) is 3.44. The van der Waals surface area contributed by atoms with Gasteiger partial charge in [-0.25, -0.2) is 0 Å². The minimum absolute atomic E-state index is 0.0242. The molecule has 2 fully saturated rings. The van der Waals surface area contributed by atoms with Gasteiger partial charge in [0.1, 0.15) is 0 Å². The Bertz CT molecular complexity index is 897. The number of piperidine rings is 2. The molecule has 2 amide bonds. The molecule has 2 aromatic carbocycles. The van der Waals surface area contributed by atoms with E-state index in [2.05, 4.69) is 12.1 Å². The van der Waals surface area contributed by atoms with Gasteiger partial charge < -0.3 is 14.5 Å². The summed E-state index contributed by atoms with van der Waals surface area (Å²) in [6.07, 6.45) is 6.97. The third-order valence-corrected chi connectivity index (χ3v) is 6.46. The van der Waals surface area contributed by atoms with Crippen molar-refractivity contribution in [1.29, 1.82) is 0 Å². The first-order valence-corrected chi connectivity index (χ1v) is 11.7. The molecule has 2 saturated heterocycles. The van der Waals surface area contributed by atoms with Crippen LogP contribution in [-0.4, -0.2) is 53.9 Å². The Hall–Kier alpha value is -2.92. The van der Waals surface area contributed by atoms with Crippen molar-refractivity contribution in [1.82, 2.24) is 9.80 Å². The smallest absolute Gasteiger partial charge is 0.246 e. The minimum Gasteiger partial charge on any atom is -0.373 e. The summed E-state index contributed by atoms with van der Waals surface area (Å²) >= 11 is 0. The predicted octanol–water partition coefficient (Wildman–Crippen LogP) is 4.15. The van der Waals surface area contributed by atoms with Gasteiger partial charge in [-0.1, -0.05) is 60.7 Å². The Kier molecular flexibility index (Phi) is 7.73. The van der Waals surface area contributed by atoms with Gasteiger partial charge in [-0.15, -0.1) is 0 Å². The zero-order valence-electron chi connectivity index (χ0n) is 18.6. The SMILES string of the molecule is O=C(C=Cc1ccccc1)N1CCC(C(=O)N2CCC(OCc3ccccc3)CC2)CC1. The molecule has 0 atom stereocenters. The molecular weight excluding hydrogens is 400 g/mol. The number of nitrogens with zero attached hydrogens (tertiary/aromatic N) is 2. The lowest BCUT2D eigenvalue weighted by molar-refractivity contribution is -0.141. The van der Waals surface area contributed by atoms with Crippen molar-refractivity contribution in [3.05, 3.63) is 77.9 Å². The van der Waals surface area contributed by atoms with E-state index in [4.69, 9.17) is 4.74 Å². The molecule has 0 spiro atoms. The maximum Gasteiger partial charge on any atom is 0.246 e. The zero-order chi connectivity index (χ0) is 22.2. The van der Waals surface area contributed by atoms with Crippen LogP contribution in [0.15, 0.2) is 66.7 Å². The molecule has 4 rings (SSSR count). The lowest BCUT2D eigenvalue weighted by Crippen LogP contribution is -2.47. The lowest BCUT2D eigenvalue weighted by atomic mass is 9.94. The molecule has 0 bridgehead atoms. The maximum atomic E-state index is 13.0. The van der Waals surface area contributed by atoms with E-state index in [9.17, 15) is 9.59 Å². The van der Waals surface area contributed by atoms with Gasteiger partial charge in [0.05, 0.1) is 12.7 Å². The lowest BCUT2D eigenvalue weighted by Gasteiger charge is -2.37. The van der Waals surface area contributed by atoms with Crippen LogP contribution in [0.25, 0.3) is 6.08 Å². The first-order valence-electron chi connectivity index (χ1n) is 11.7. The number of ether oxygens (including phenoxy) is 1. The van der Waals surface area contributed by atoms with Gasteiger partial charge in [-0.05, 0) is 42.9 Å². The van der Waals surface area contributed by atoms with E-state index in [1.54, 1.807) is 6.08 Å². The molecular formula is C27H32N2O3. The number of hydrogen-bond donors (Lipinski definition) is 0. The van der Waals surface area contributed by atoms with E-state index in [0.717, 1.165) is 44.3 Å². The fourth-order valence-corrected chi connectivity index (χ4v) is 4.47. The van der Waals surface area contributed by atoms with Gasteiger partial charge in [-0.3, -0.25) is 9.59 Å². The molecule has 0 saturated carbocycles. The normalized spacial score (nSPS) is 18.2. The molecule has 0 unspecified atom stereocenters. The number of rotatable bonds is 6. The molecule has 0 aliphatic carbocycles. The third-order valence-electron chi connectivity index (χ3n) is 6.46. The summed E-state index contributed by atoms with van der Waals surface area (Å²) in [7, 11) is 0. The summed E-state index contributed by atoms with van der Waals surface area (Å²) < 4.78 is 6.05. The molecule has 168 valence electrons. The minimum atomic E-state index is 0.0242. The van der Waals surface area contributed by atoms with E-state index in [0.29, 0.717) is 19.7 Å². The van der Waals surface area contributed by atoms with Gasteiger partial charge >= 0.3 is 0 Å². The number of carbonyl (C=O) groups excluding carboxylic acids is 2. The Balaban J connectivity index is 1.18. The van der Waals surface area contributed by atoms with Crippen LogP contribution < -0.4 is 0 Å². The van der Waals surface area contributed by atoms with Crippen LogP contribution in [0, 0.1) is 5.92 Å². The predicted molar refractivity (Wildman–Crippen MR) is 126 cm³/mol. The number of carbonyl (C=O) groups is 2. The second-order valence-corrected chi connectivity index (χ2v) is 8.66. The highest BCUT2D eigenvalue weighted by Gasteiger charge is 2.31. The Labute approximate surface area is 190 Å². The van der Waals surface area contributed by atoms with E-state index in [1.165, 1.54) is 5.56 Å². The van der Waals surface area contributed by atoms with Crippen molar-refractivity contribution in [2.24, 2.45) is 5.92 Å². The van der Waals surface area contributed by atoms with Crippen LogP contribution >= 0.6 is 0 Å². The number of benzene rings is 2. The fraction of sp³-hybridized carbons (Fsp3) is 0.407. The van der Waals surface area contributed by atoms with Crippen LogP contribution in [0.4, 0.5) is 0 Å². The average Bonchev–Trinajstić information content (AvgIpc) is 2.87. The summed E-state index contributed by atoms with van der Waals surface area (Å²) in [5, 5.41) is 0. The highest BCUT2D eigenvalue weighted by atomic mass is 16.5. The van der Waals surface area contributed by atoms with Gasteiger partial charge in [0.25, 0.3) is 0 Å². The third kappa shape index (κ3) is 6.07. The number of likely N-dealkylation sites (tertiary alicyclic amines) is 2. The first-order chi connectivity index (χ1) is 15.7. The van der Waals surface area contributed by atoms with Crippen molar-refractivity contribution in [2.45, 2.75) is 38.4 Å². The van der Waals surface area contributed by atoms with E-state index in [1.807, 2.05) is 64.4 Å².